The van der Waals surface area contributed by atoms with Crippen molar-refractivity contribution in [2.45, 2.75) is 46.0 Å². The lowest BCUT2D eigenvalue weighted by molar-refractivity contribution is -0.121. The Hall–Kier alpha value is -2.53. The van der Waals surface area contributed by atoms with E-state index in [1.165, 1.54) is 47.9 Å². The second-order valence-electron chi connectivity index (χ2n) is 8.30. The summed E-state index contributed by atoms with van der Waals surface area (Å²) in [6, 6.07) is 17.0. The average molecular weight is 549 g/mol. The largest absolute Gasteiger partial charge is 0.366 e. The highest BCUT2D eigenvalue weighted by atomic mass is 32.2. The van der Waals surface area contributed by atoms with Gasteiger partial charge in [-0.2, -0.15) is 8.42 Å². The van der Waals surface area contributed by atoms with E-state index in [0.29, 0.717) is 14.8 Å². The number of nitrogens with two attached hydrogens (primary N) is 1. The summed E-state index contributed by atoms with van der Waals surface area (Å²) in [7, 11) is -4.14. The molecule has 194 valence electrons. The van der Waals surface area contributed by atoms with Gasteiger partial charge in [-0.15, -0.1) is 0 Å². The van der Waals surface area contributed by atoms with Crippen LogP contribution in [0.1, 0.15) is 61.0 Å². The van der Waals surface area contributed by atoms with Gasteiger partial charge in [0, 0.05) is 12.1 Å². The highest BCUT2D eigenvalue weighted by Gasteiger charge is 2.34. The highest BCUT2D eigenvalue weighted by Crippen LogP contribution is 2.36. The van der Waals surface area contributed by atoms with Crippen LogP contribution in [0, 0.1) is 0 Å². The van der Waals surface area contributed by atoms with E-state index < -0.39 is 15.9 Å². The van der Waals surface area contributed by atoms with E-state index in [1.54, 1.807) is 24.3 Å². The molecule has 2 aromatic rings. The van der Waals surface area contributed by atoms with Crippen molar-refractivity contribution < 1.29 is 22.6 Å². The molecule has 0 radical (unpaired) electrons. The summed E-state index contributed by atoms with van der Waals surface area (Å²) in [5.74, 6) is -1.22. The predicted molar refractivity (Wildman–Crippen MR) is 150 cm³/mol. The maximum absolute atomic E-state index is 12.6. The molecule has 1 heterocycles. The summed E-state index contributed by atoms with van der Waals surface area (Å²) in [4.78, 5) is 24.8. The molecule has 10 heteroatoms. The van der Waals surface area contributed by atoms with Crippen LogP contribution in [0.2, 0.25) is 0 Å². The lowest BCUT2D eigenvalue weighted by atomic mass is 10.0. The van der Waals surface area contributed by atoms with Crippen LogP contribution in [0.5, 0.6) is 0 Å². The number of aryl methyl sites for hydroxylation is 1. The van der Waals surface area contributed by atoms with E-state index in [9.17, 15) is 18.0 Å². The molecule has 0 spiro atoms. The molecule has 1 aliphatic heterocycles. The summed E-state index contributed by atoms with van der Waals surface area (Å²) in [5, 5.41) is 0. The maximum Gasteiger partial charge on any atom is 0.266 e. The first-order valence-electron chi connectivity index (χ1n) is 11.7. The first kappa shape index (κ1) is 29.7. The zero-order valence-electron chi connectivity index (χ0n) is 20.5. The number of primary amides is 1. The summed E-state index contributed by atoms with van der Waals surface area (Å²) >= 11 is 6.37. The lowest BCUT2D eigenvalue weighted by Gasteiger charge is -2.13. The molecule has 0 atom stereocenters. The van der Waals surface area contributed by atoms with Crippen LogP contribution < -0.4 is 5.73 Å². The van der Waals surface area contributed by atoms with Crippen molar-refractivity contribution in [2.75, 3.05) is 12.3 Å². The zero-order chi connectivity index (χ0) is 26.7. The van der Waals surface area contributed by atoms with E-state index in [-0.39, 0.29) is 18.4 Å². The smallest absolute Gasteiger partial charge is 0.266 e. The number of benzene rings is 2. The Bertz CT molecular complexity index is 1190. The van der Waals surface area contributed by atoms with Crippen molar-refractivity contribution in [3.05, 3.63) is 76.2 Å². The fourth-order valence-corrected chi connectivity index (χ4v) is 5.20. The Morgan fingerprint density at radius 3 is 2.19 bits per heavy atom. The summed E-state index contributed by atoms with van der Waals surface area (Å²) in [5.41, 5.74) is 8.57. The molecule has 1 fully saturated rings. The molecule has 0 bridgehead atoms. The number of hydrogen-bond acceptors (Lipinski definition) is 6. The molecular weight excluding hydrogens is 516 g/mol. The minimum absolute atomic E-state index is 0.142. The van der Waals surface area contributed by atoms with Crippen LogP contribution in [0.15, 0.2) is 59.5 Å². The van der Waals surface area contributed by atoms with Gasteiger partial charge < -0.3 is 5.73 Å². The summed E-state index contributed by atoms with van der Waals surface area (Å²) < 4.78 is 31.1. The number of unbranched alkanes of at least 4 members (excludes halogenated alkanes) is 3. The number of carbonyl (C=O) groups is 2. The number of allylic oxidation sites excluding steroid dienone is 1. The van der Waals surface area contributed by atoms with Gasteiger partial charge in [0.2, 0.25) is 5.91 Å². The molecule has 2 amide bonds. The minimum Gasteiger partial charge on any atom is -0.366 e. The number of thioether (sulfide) groups is 1. The molecule has 0 saturated carbocycles. The molecule has 1 aliphatic rings. The van der Waals surface area contributed by atoms with Crippen LogP contribution in [0.3, 0.4) is 0 Å². The second-order valence-corrected chi connectivity index (χ2v) is 11.5. The zero-order valence-corrected chi connectivity index (χ0v) is 22.9. The predicted octanol–water partition coefficient (Wildman–Crippen LogP) is 5.07. The average Bonchev–Trinajstić information content (AvgIpc) is 3.14. The van der Waals surface area contributed by atoms with Crippen LogP contribution >= 0.6 is 24.0 Å². The molecule has 1 saturated heterocycles. The van der Waals surface area contributed by atoms with Gasteiger partial charge in [-0.25, -0.2) is 0 Å². The topological polar surface area (TPSA) is 118 Å². The van der Waals surface area contributed by atoms with Crippen molar-refractivity contribution in [1.82, 2.24) is 4.90 Å². The Balaban J connectivity index is 0.000000425. The highest BCUT2D eigenvalue weighted by molar-refractivity contribution is 8.26. The molecule has 7 nitrogen and oxygen atoms in total. The van der Waals surface area contributed by atoms with Crippen molar-refractivity contribution in [1.29, 1.82) is 0 Å². The Morgan fingerprint density at radius 1 is 1.03 bits per heavy atom. The van der Waals surface area contributed by atoms with Gasteiger partial charge in [-0.1, -0.05) is 92.6 Å². The molecule has 0 unspecified atom stereocenters. The van der Waals surface area contributed by atoms with Gasteiger partial charge in [-0.3, -0.25) is 19.0 Å². The SMILES string of the molecule is CCCCCCc1ccc(C(C)=C2SC(=S)N(CCS(=O)(=O)O)C2=O)cc1.NC(=O)c1ccccc1. The third-order valence-electron chi connectivity index (χ3n) is 5.53. The van der Waals surface area contributed by atoms with Gasteiger partial charge in [0.15, 0.2) is 0 Å². The number of rotatable bonds is 10. The fourth-order valence-electron chi connectivity index (χ4n) is 3.44. The third kappa shape index (κ3) is 9.50. The van der Waals surface area contributed by atoms with E-state index in [0.717, 1.165) is 17.6 Å². The quantitative estimate of drug-likeness (QED) is 0.184. The molecule has 2 aromatic carbocycles. The van der Waals surface area contributed by atoms with Crippen molar-refractivity contribution >= 4 is 55.8 Å². The van der Waals surface area contributed by atoms with Gasteiger partial charge in [-0.05, 0) is 48.6 Å². The first-order chi connectivity index (χ1) is 17.0. The van der Waals surface area contributed by atoms with E-state index in [1.807, 2.05) is 25.1 Å². The van der Waals surface area contributed by atoms with E-state index >= 15 is 0 Å². The Kier molecular flexibility index (Phi) is 11.8. The molecule has 3 rings (SSSR count). The molecule has 0 aromatic heterocycles. The summed E-state index contributed by atoms with van der Waals surface area (Å²) in [6.07, 6.45) is 5.95. The standard InChI is InChI=1S/C19H25NO4S3.C7H7NO/c1-3-4-5-6-7-15-8-10-16(11-9-15)14(2)17-18(21)20(19(25)26-17)12-13-27(22,23)24;8-7(9)6-4-2-1-3-5-6/h8-11H,3-7,12-13H2,1-2H3,(H,22,23,24);1-5H,(H2,8,9). The third-order valence-corrected chi connectivity index (χ3v) is 7.78. The van der Waals surface area contributed by atoms with Crippen molar-refractivity contribution in [3.63, 3.8) is 0 Å². The number of nitrogens with zero attached hydrogens (tertiary/aromatic N) is 1. The first-order valence-corrected chi connectivity index (χ1v) is 14.5. The normalized spacial score (nSPS) is 14.9. The Labute approximate surface area is 222 Å². The van der Waals surface area contributed by atoms with E-state index in [4.69, 9.17) is 22.5 Å². The lowest BCUT2D eigenvalue weighted by Crippen LogP contribution is -2.32. The number of amides is 2. The molecule has 36 heavy (non-hydrogen) atoms. The van der Waals surface area contributed by atoms with E-state index in [2.05, 4.69) is 19.1 Å². The molecule has 3 N–H and O–H groups in total. The van der Waals surface area contributed by atoms with Gasteiger partial charge in [0.1, 0.15) is 4.32 Å². The molecule has 0 aliphatic carbocycles. The number of carbonyl (C=O) groups excluding carboxylic acids is 2. The fraction of sp³-hybridized carbons (Fsp3) is 0.346. The monoisotopic (exact) mass is 548 g/mol. The van der Waals surface area contributed by atoms with Crippen LogP contribution in [-0.2, 0) is 21.3 Å². The Morgan fingerprint density at radius 2 is 1.67 bits per heavy atom. The minimum atomic E-state index is -4.14. The van der Waals surface area contributed by atoms with Gasteiger partial charge >= 0.3 is 0 Å². The maximum atomic E-state index is 12.6. The van der Waals surface area contributed by atoms with Crippen LogP contribution in [0.25, 0.3) is 5.57 Å². The van der Waals surface area contributed by atoms with Crippen LogP contribution in [0.4, 0.5) is 0 Å². The van der Waals surface area contributed by atoms with Gasteiger partial charge in [0.05, 0.1) is 10.7 Å². The number of hydrogen-bond donors (Lipinski definition) is 2. The van der Waals surface area contributed by atoms with Crippen molar-refractivity contribution in [2.24, 2.45) is 5.73 Å². The summed E-state index contributed by atoms with van der Waals surface area (Å²) in [6.45, 7) is 3.92. The second kappa shape index (κ2) is 14.3. The van der Waals surface area contributed by atoms with Gasteiger partial charge in [0.25, 0.3) is 16.0 Å². The number of thiocarbonyl (C=S) groups is 1. The molecular formula is C26H32N2O5S3. The van der Waals surface area contributed by atoms with Crippen LogP contribution in [-0.4, -0.2) is 46.3 Å². The van der Waals surface area contributed by atoms with Crippen molar-refractivity contribution in [3.8, 4) is 0 Å².